The zero-order chi connectivity index (χ0) is 10.9. The molecule has 2 rings (SSSR count). The first-order chi connectivity index (χ1) is 7.12. The molecular formula is C9H16N2O3S. The molecule has 2 aliphatic rings. The largest absolute Gasteiger partial charge is 0.379 e. The van der Waals surface area contributed by atoms with Gasteiger partial charge in [0.2, 0.25) is 5.91 Å². The van der Waals surface area contributed by atoms with Crippen LogP contribution in [-0.2, 0) is 20.3 Å². The molecule has 0 bridgehead atoms. The van der Waals surface area contributed by atoms with E-state index in [-0.39, 0.29) is 5.91 Å². The van der Waals surface area contributed by atoms with E-state index in [0.717, 1.165) is 0 Å². The van der Waals surface area contributed by atoms with E-state index in [0.29, 0.717) is 44.2 Å². The maximum absolute atomic E-state index is 12.1. The van der Waals surface area contributed by atoms with Crippen LogP contribution in [0.25, 0.3) is 0 Å². The van der Waals surface area contributed by atoms with E-state index in [9.17, 15) is 9.00 Å². The first-order valence-electron chi connectivity index (χ1n) is 5.13. The van der Waals surface area contributed by atoms with Gasteiger partial charge in [-0.25, -0.2) is 0 Å². The summed E-state index contributed by atoms with van der Waals surface area (Å²) in [6, 6.07) is 0. The van der Waals surface area contributed by atoms with Crippen LogP contribution in [0.5, 0.6) is 0 Å². The number of hydrogen-bond donors (Lipinski definition) is 1. The Hall–Kier alpha value is -0.460. The summed E-state index contributed by atoms with van der Waals surface area (Å²) in [5, 5.41) is 0. The fourth-order valence-electron chi connectivity index (χ4n) is 1.91. The number of carbonyl (C=O) groups excluding carboxylic acids is 1. The number of hydrogen-bond acceptors (Lipinski definition) is 4. The van der Waals surface area contributed by atoms with E-state index in [1.807, 2.05) is 0 Å². The molecule has 1 amide bonds. The summed E-state index contributed by atoms with van der Waals surface area (Å²) >= 11 is 0. The highest BCUT2D eigenvalue weighted by atomic mass is 32.2. The molecule has 2 N–H and O–H groups in total. The van der Waals surface area contributed by atoms with Gasteiger partial charge >= 0.3 is 0 Å². The summed E-state index contributed by atoms with van der Waals surface area (Å²) in [4.78, 5) is 13.8. The Balaban J connectivity index is 1.98. The molecular weight excluding hydrogens is 216 g/mol. The molecule has 86 valence electrons. The maximum Gasteiger partial charge on any atom is 0.245 e. The molecule has 0 aliphatic carbocycles. The molecule has 2 fully saturated rings. The van der Waals surface area contributed by atoms with Gasteiger partial charge in [0.05, 0.1) is 6.61 Å². The van der Waals surface area contributed by atoms with Crippen molar-refractivity contribution in [2.75, 3.05) is 37.8 Å². The third kappa shape index (κ3) is 2.21. The lowest BCUT2D eigenvalue weighted by molar-refractivity contribution is -0.136. The normalized spacial score (nSPS) is 33.3. The smallest absolute Gasteiger partial charge is 0.245 e. The Morgan fingerprint density at radius 2 is 2.07 bits per heavy atom. The lowest BCUT2D eigenvalue weighted by Crippen LogP contribution is -2.58. The summed E-state index contributed by atoms with van der Waals surface area (Å²) in [5.41, 5.74) is 5.14. The number of nitrogens with two attached hydrogens (primary N) is 1. The first kappa shape index (κ1) is 11.0. The van der Waals surface area contributed by atoms with Crippen molar-refractivity contribution in [2.24, 2.45) is 5.73 Å². The lowest BCUT2D eigenvalue weighted by atomic mass is 9.98. The predicted molar refractivity (Wildman–Crippen MR) is 56.8 cm³/mol. The van der Waals surface area contributed by atoms with Crippen molar-refractivity contribution in [3.05, 3.63) is 0 Å². The van der Waals surface area contributed by atoms with Gasteiger partial charge in [-0.05, 0) is 6.42 Å². The molecule has 0 radical (unpaired) electrons. The summed E-state index contributed by atoms with van der Waals surface area (Å²) in [6.07, 6.45) is 0.589. The van der Waals surface area contributed by atoms with Crippen molar-refractivity contribution in [3.63, 3.8) is 0 Å². The lowest BCUT2D eigenvalue weighted by Gasteiger charge is -2.32. The Kier molecular flexibility index (Phi) is 3.08. The van der Waals surface area contributed by atoms with Crippen molar-refractivity contribution in [3.8, 4) is 0 Å². The van der Waals surface area contributed by atoms with Gasteiger partial charge in [-0.3, -0.25) is 9.00 Å². The molecule has 2 saturated heterocycles. The molecule has 2 heterocycles. The van der Waals surface area contributed by atoms with Gasteiger partial charge in [-0.2, -0.15) is 0 Å². The van der Waals surface area contributed by atoms with Crippen LogP contribution in [0.15, 0.2) is 0 Å². The van der Waals surface area contributed by atoms with Gasteiger partial charge < -0.3 is 15.4 Å². The number of carbonyl (C=O) groups is 1. The van der Waals surface area contributed by atoms with Crippen LogP contribution >= 0.6 is 0 Å². The molecule has 1 unspecified atom stereocenters. The Morgan fingerprint density at radius 3 is 2.60 bits per heavy atom. The topological polar surface area (TPSA) is 72.6 Å². The van der Waals surface area contributed by atoms with Crippen LogP contribution in [-0.4, -0.2) is 58.4 Å². The van der Waals surface area contributed by atoms with E-state index in [2.05, 4.69) is 0 Å². The average Bonchev–Trinajstić information content (AvgIpc) is 2.67. The van der Waals surface area contributed by atoms with Crippen molar-refractivity contribution in [1.29, 1.82) is 0 Å². The van der Waals surface area contributed by atoms with E-state index >= 15 is 0 Å². The zero-order valence-corrected chi connectivity index (χ0v) is 9.42. The van der Waals surface area contributed by atoms with Crippen LogP contribution in [0.3, 0.4) is 0 Å². The van der Waals surface area contributed by atoms with Crippen LogP contribution < -0.4 is 5.73 Å². The monoisotopic (exact) mass is 232 g/mol. The first-order valence-corrected chi connectivity index (χ1v) is 6.62. The second-order valence-electron chi connectivity index (χ2n) is 4.10. The molecule has 0 aromatic heterocycles. The summed E-state index contributed by atoms with van der Waals surface area (Å²) < 4.78 is 16.3. The number of ether oxygens (including phenoxy) is 1. The second kappa shape index (κ2) is 4.19. The van der Waals surface area contributed by atoms with Gasteiger partial charge in [0, 0.05) is 42.0 Å². The van der Waals surface area contributed by atoms with E-state index in [1.165, 1.54) is 0 Å². The zero-order valence-electron chi connectivity index (χ0n) is 8.61. The molecule has 0 aromatic rings. The van der Waals surface area contributed by atoms with Crippen molar-refractivity contribution in [2.45, 2.75) is 12.0 Å². The third-order valence-corrected chi connectivity index (χ3v) is 4.22. The summed E-state index contributed by atoms with van der Waals surface area (Å²) in [7, 11) is -0.758. The Bertz CT molecular complexity index is 279. The van der Waals surface area contributed by atoms with Crippen LogP contribution in [0, 0.1) is 0 Å². The second-order valence-corrected chi connectivity index (χ2v) is 5.80. The Labute approximate surface area is 91.4 Å². The molecule has 15 heavy (non-hydrogen) atoms. The highest BCUT2D eigenvalue weighted by Gasteiger charge is 2.41. The van der Waals surface area contributed by atoms with Crippen LogP contribution in [0.4, 0.5) is 0 Å². The maximum atomic E-state index is 12.1. The van der Waals surface area contributed by atoms with Gasteiger partial charge in [0.1, 0.15) is 5.54 Å². The quantitative estimate of drug-likeness (QED) is 0.609. The number of rotatable bonds is 1. The molecule has 6 heteroatoms. The highest BCUT2D eigenvalue weighted by Crippen LogP contribution is 2.19. The molecule has 2 aliphatic heterocycles. The van der Waals surface area contributed by atoms with Gasteiger partial charge in [0.25, 0.3) is 0 Å². The van der Waals surface area contributed by atoms with Crippen molar-refractivity contribution in [1.82, 2.24) is 4.90 Å². The summed E-state index contributed by atoms with van der Waals surface area (Å²) in [5.74, 6) is 1.10. The Morgan fingerprint density at radius 1 is 1.40 bits per heavy atom. The minimum atomic E-state index is -0.834. The third-order valence-electron chi connectivity index (χ3n) is 2.94. The molecule has 1 atom stereocenters. The van der Waals surface area contributed by atoms with Crippen molar-refractivity contribution >= 4 is 16.7 Å². The minimum absolute atomic E-state index is 0.0447. The summed E-state index contributed by atoms with van der Waals surface area (Å²) in [6.45, 7) is 1.99. The van der Waals surface area contributed by atoms with Crippen molar-refractivity contribution < 1.29 is 13.7 Å². The number of amides is 1. The SMILES string of the molecule is NC1(C(=O)N2CCS(=O)CC2)CCOC1. The fourth-order valence-corrected chi connectivity index (χ4v) is 2.96. The van der Waals surface area contributed by atoms with Gasteiger partial charge in [-0.1, -0.05) is 0 Å². The van der Waals surface area contributed by atoms with Gasteiger partial charge in [0.15, 0.2) is 0 Å². The van der Waals surface area contributed by atoms with Crippen LogP contribution in [0.2, 0.25) is 0 Å². The van der Waals surface area contributed by atoms with E-state index < -0.39 is 16.3 Å². The molecule has 0 saturated carbocycles. The predicted octanol–water partition coefficient (Wildman–Crippen LogP) is -1.30. The molecule has 0 aromatic carbocycles. The number of nitrogens with zero attached hydrogens (tertiary/aromatic N) is 1. The fraction of sp³-hybridized carbons (Fsp3) is 0.889. The van der Waals surface area contributed by atoms with E-state index in [1.54, 1.807) is 4.90 Å². The van der Waals surface area contributed by atoms with E-state index in [4.69, 9.17) is 10.5 Å². The molecule has 5 nitrogen and oxygen atoms in total. The van der Waals surface area contributed by atoms with Crippen LogP contribution in [0.1, 0.15) is 6.42 Å². The van der Waals surface area contributed by atoms with Gasteiger partial charge in [-0.15, -0.1) is 0 Å². The minimum Gasteiger partial charge on any atom is -0.379 e. The molecule has 0 spiro atoms. The standard InChI is InChI=1S/C9H16N2O3S/c10-9(1-4-14-7-9)8(12)11-2-5-15(13)6-3-11/h1-7,10H2. The highest BCUT2D eigenvalue weighted by molar-refractivity contribution is 7.85. The average molecular weight is 232 g/mol.